The van der Waals surface area contributed by atoms with E-state index in [-0.39, 0.29) is 23.9 Å². The summed E-state index contributed by atoms with van der Waals surface area (Å²) in [6, 6.07) is 0. The summed E-state index contributed by atoms with van der Waals surface area (Å²) in [4.78, 5) is 36.5. The lowest BCUT2D eigenvalue weighted by molar-refractivity contribution is -0.120. The first-order valence-corrected chi connectivity index (χ1v) is 5.21. The largest absolute Gasteiger partial charge is 0.453 e. The van der Waals surface area contributed by atoms with Crippen LogP contribution in [-0.2, 0) is 9.53 Å². The number of aryl methyl sites for hydroxylation is 1. The van der Waals surface area contributed by atoms with Crippen molar-refractivity contribution in [2.45, 2.75) is 27.7 Å². The quantitative estimate of drug-likeness (QED) is 0.637. The van der Waals surface area contributed by atoms with Gasteiger partial charge in [0.2, 0.25) is 0 Å². The van der Waals surface area contributed by atoms with Gasteiger partial charge < -0.3 is 9.72 Å². The molecule has 1 aromatic heterocycles. The van der Waals surface area contributed by atoms with Crippen LogP contribution in [0.5, 0.6) is 0 Å². The van der Waals surface area contributed by atoms with Crippen LogP contribution in [0.4, 0.5) is 0 Å². The van der Waals surface area contributed by atoms with Crippen LogP contribution in [0.1, 0.15) is 46.0 Å². The number of esters is 1. The molecule has 0 unspecified atom stereocenters. The van der Waals surface area contributed by atoms with Gasteiger partial charge in [-0.05, 0) is 33.3 Å². The average Bonchev–Trinajstić information content (AvgIpc) is 2.50. The van der Waals surface area contributed by atoms with Crippen LogP contribution < -0.4 is 0 Å². The SMILES string of the molecule is CC(=O)COC(=O)c1[nH]c(C)c(C(C)=O)c1C. The number of carbonyl (C=O) groups is 3. The number of Topliss-reactive ketones (excluding diaryl/α,β-unsaturated/α-hetero) is 2. The number of aromatic amines is 1. The number of ether oxygens (including phenoxy) is 1. The molecule has 0 aromatic carbocycles. The van der Waals surface area contributed by atoms with Crippen LogP contribution in [0.2, 0.25) is 0 Å². The van der Waals surface area contributed by atoms with Gasteiger partial charge in [0.1, 0.15) is 12.3 Å². The van der Waals surface area contributed by atoms with Crippen molar-refractivity contribution >= 4 is 17.5 Å². The molecule has 0 atom stereocenters. The predicted molar refractivity (Wildman–Crippen MR) is 61.2 cm³/mol. The molecule has 0 aliphatic rings. The fraction of sp³-hybridized carbons (Fsp3) is 0.417. The second-order valence-corrected chi connectivity index (χ2v) is 3.96. The second kappa shape index (κ2) is 4.95. The maximum Gasteiger partial charge on any atom is 0.355 e. The van der Waals surface area contributed by atoms with Gasteiger partial charge in [-0.25, -0.2) is 4.79 Å². The molecule has 17 heavy (non-hydrogen) atoms. The van der Waals surface area contributed by atoms with E-state index in [9.17, 15) is 14.4 Å². The Bertz CT molecular complexity index is 485. The summed E-state index contributed by atoms with van der Waals surface area (Å²) >= 11 is 0. The number of hydrogen-bond acceptors (Lipinski definition) is 4. The van der Waals surface area contributed by atoms with E-state index < -0.39 is 5.97 Å². The second-order valence-electron chi connectivity index (χ2n) is 3.96. The normalized spacial score (nSPS) is 10.1. The third-order valence-electron chi connectivity index (χ3n) is 2.40. The van der Waals surface area contributed by atoms with Gasteiger partial charge in [-0.15, -0.1) is 0 Å². The van der Waals surface area contributed by atoms with E-state index in [1.54, 1.807) is 13.8 Å². The summed E-state index contributed by atoms with van der Waals surface area (Å²) in [6.45, 7) is 5.90. The molecule has 5 nitrogen and oxygen atoms in total. The molecule has 1 heterocycles. The molecule has 0 amide bonds. The Morgan fingerprint density at radius 3 is 2.18 bits per heavy atom. The van der Waals surface area contributed by atoms with Gasteiger partial charge >= 0.3 is 5.97 Å². The van der Waals surface area contributed by atoms with Crippen molar-refractivity contribution in [3.8, 4) is 0 Å². The minimum atomic E-state index is -0.617. The lowest BCUT2D eigenvalue weighted by Crippen LogP contribution is -2.12. The smallest absolute Gasteiger partial charge is 0.355 e. The first kappa shape index (κ1) is 13.2. The van der Waals surface area contributed by atoms with Crippen LogP contribution in [0.25, 0.3) is 0 Å². The zero-order chi connectivity index (χ0) is 13.2. The third kappa shape index (κ3) is 2.81. The summed E-state index contributed by atoms with van der Waals surface area (Å²) < 4.78 is 4.79. The first-order chi connectivity index (χ1) is 7.84. The van der Waals surface area contributed by atoms with E-state index in [1.807, 2.05) is 0 Å². The van der Waals surface area contributed by atoms with Gasteiger partial charge in [-0.2, -0.15) is 0 Å². The van der Waals surface area contributed by atoms with Crippen LogP contribution in [0, 0.1) is 13.8 Å². The maximum atomic E-state index is 11.6. The highest BCUT2D eigenvalue weighted by Crippen LogP contribution is 2.19. The summed E-state index contributed by atoms with van der Waals surface area (Å²) in [6.07, 6.45) is 0. The molecule has 92 valence electrons. The summed E-state index contributed by atoms with van der Waals surface area (Å²) in [7, 11) is 0. The summed E-state index contributed by atoms with van der Waals surface area (Å²) in [5, 5.41) is 0. The number of aromatic nitrogens is 1. The van der Waals surface area contributed by atoms with Crippen LogP contribution in [-0.4, -0.2) is 29.1 Å². The minimum absolute atomic E-state index is 0.109. The van der Waals surface area contributed by atoms with Crippen molar-refractivity contribution in [1.29, 1.82) is 0 Å². The first-order valence-electron chi connectivity index (χ1n) is 5.21. The Morgan fingerprint density at radius 1 is 1.18 bits per heavy atom. The van der Waals surface area contributed by atoms with Gasteiger partial charge in [0.05, 0.1) is 0 Å². The van der Waals surface area contributed by atoms with Crippen LogP contribution in [0.3, 0.4) is 0 Å². The minimum Gasteiger partial charge on any atom is -0.453 e. The molecular formula is C12H15NO4. The average molecular weight is 237 g/mol. The fourth-order valence-corrected chi connectivity index (χ4v) is 1.72. The lowest BCUT2D eigenvalue weighted by atomic mass is 10.1. The summed E-state index contributed by atoms with van der Waals surface area (Å²) in [5.74, 6) is -0.957. The zero-order valence-corrected chi connectivity index (χ0v) is 10.3. The van der Waals surface area contributed by atoms with E-state index >= 15 is 0 Å². The topological polar surface area (TPSA) is 76.2 Å². The van der Waals surface area contributed by atoms with Crippen molar-refractivity contribution in [3.05, 3.63) is 22.5 Å². The van der Waals surface area contributed by atoms with Crippen molar-refractivity contribution < 1.29 is 19.1 Å². The number of H-pyrrole nitrogens is 1. The monoisotopic (exact) mass is 237 g/mol. The number of nitrogens with one attached hydrogen (secondary N) is 1. The third-order valence-corrected chi connectivity index (χ3v) is 2.40. The standard InChI is InChI=1S/C12H15NO4/c1-6(14)5-17-12(16)11-7(2)10(9(4)15)8(3)13-11/h13H,5H2,1-4H3. The molecule has 1 rings (SSSR count). The van der Waals surface area contributed by atoms with Crippen LogP contribution >= 0.6 is 0 Å². The molecular weight excluding hydrogens is 222 g/mol. The lowest BCUT2D eigenvalue weighted by Gasteiger charge is -2.01. The highest BCUT2D eigenvalue weighted by molar-refractivity contribution is 6.01. The molecule has 0 bridgehead atoms. The van der Waals surface area contributed by atoms with E-state index in [0.717, 1.165) is 0 Å². The summed E-state index contributed by atoms with van der Waals surface area (Å²) in [5.41, 5.74) is 1.92. The molecule has 1 aromatic rings. The molecule has 0 spiro atoms. The molecule has 5 heteroatoms. The molecule has 0 aliphatic carbocycles. The van der Waals surface area contributed by atoms with Crippen molar-refractivity contribution in [2.75, 3.05) is 6.61 Å². The Balaban J connectivity index is 3.00. The maximum absolute atomic E-state index is 11.6. The fourth-order valence-electron chi connectivity index (χ4n) is 1.72. The van der Waals surface area contributed by atoms with Gasteiger partial charge in [0, 0.05) is 11.3 Å². The number of hydrogen-bond donors (Lipinski definition) is 1. The predicted octanol–water partition coefficient (Wildman–Crippen LogP) is 1.58. The zero-order valence-electron chi connectivity index (χ0n) is 10.3. The van der Waals surface area contributed by atoms with Gasteiger partial charge in [-0.1, -0.05) is 0 Å². The van der Waals surface area contributed by atoms with Gasteiger partial charge in [-0.3, -0.25) is 9.59 Å². The van der Waals surface area contributed by atoms with Gasteiger partial charge in [0.25, 0.3) is 0 Å². The number of rotatable bonds is 4. The number of ketones is 2. The molecule has 0 fully saturated rings. The van der Waals surface area contributed by atoms with E-state index in [0.29, 0.717) is 16.8 Å². The van der Waals surface area contributed by atoms with E-state index in [4.69, 9.17) is 4.74 Å². The molecule has 1 N–H and O–H groups in total. The number of carbonyl (C=O) groups excluding carboxylic acids is 3. The van der Waals surface area contributed by atoms with Crippen molar-refractivity contribution in [1.82, 2.24) is 4.98 Å². The molecule has 0 saturated heterocycles. The Kier molecular flexibility index (Phi) is 3.83. The Morgan fingerprint density at radius 2 is 1.76 bits per heavy atom. The highest BCUT2D eigenvalue weighted by Gasteiger charge is 2.20. The van der Waals surface area contributed by atoms with E-state index in [1.165, 1.54) is 13.8 Å². The van der Waals surface area contributed by atoms with Gasteiger partial charge in [0.15, 0.2) is 11.6 Å². The van der Waals surface area contributed by atoms with Crippen molar-refractivity contribution in [2.24, 2.45) is 0 Å². The van der Waals surface area contributed by atoms with Crippen molar-refractivity contribution in [3.63, 3.8) is 0 Å². The Hall–Kier alpha value is -1.91. The molecule has 0 radical (unpaired) electrons. The Labute approximate surface area is 99.2 Å². The molecule has 0 aliphatic heterocycles. The van der Waals surface area contributed by atoms with E-state index in [2.05, 4.69) is 4.98 Å². The molecule has 0 saturated carbocycles. The highest BCUT2D eigenvalue weighted by atomic mass is 16.5. The van der Waals surface area contributed by atoms with Crippen LogP contribution in [0.15, 0.2) is 0 Å².